The van der Waals surface area contributed by atoms with Gasteiger partial charge in [-0.3, -0.25) is 10.1 Å². The van der Waals surface area contributed by atoms with Crippen molar-refractivity contribution in [1.82, 2.24) is 0 Å². The van der Waals surface area contributed by atoms with Crippen LogP contribution in [-0.4, -0.2) is 41.8 Å². The Hall–Kier alpha value is -2.66. The first-order chi connectivity index (χ1) is 9.93. The fraction of sp³-hybridized carbons (Fsp3) is 0.385. The summed E-state index contributed by atoms with van der Waals surface area (Å²) in [5.74, 6) is -1.23. The number of anilines is 1. The predicted octanol–water partition coefficient (Wildman–Crippen LogP) is 1.33. The van der Waals surface area contributed by atoms with E-state index in [1.807, 2.05) is 6.07 Å². The summed E-state index contributed by atoms with van der Waals surface area (Å²) in [7, 11) is 0. The molecule has 0 radical (unpaired) electrons. The Balaban J connectivity index is 2.49. The molecule has 1 heterocycles. The van der Waals surface area contributed by atoms with Gasteiger partial charge in [-0.15, -0.1) is 0 Å². The van der Waals surface area contributed by atoms with Crippen molar-refractivity contribution in [1.29, 1.82) is 5.26 Å². The van der Waals surface area contributed by atoms with E-state index < -0.39 is 17.0 Å². The highest BCUT2D eigenvalue weighted by Crippen LogP contribution is 2.31. The third-order valence-electron chi connectivity index (χ3n) is 3.35. The molecule has 1 fully saturated rings. The summed E-state index contributed by atoms with van der Waals surface area (Å²) in [4.78, 5) is 23.3. The SMILES string of the molecule is Cc1c(N2CCOC(C#N)C2)cc(C(=O)O)cc1[N+](=O)[O-]. The van der Waals surface area contributed by atoms with E-state index in [1.54, 1.807) is 11.8 Å². The third-order valence-corrected chi connectivity index (χ3v) is 3.35. The van der Waals surface area contributed by atoms with Gasteiger partial charge in [-0.1, -0.05) is 0 Å². The van der Waals surface area contributed by atoms with Gasteiger partial charge in [0.15, 0.2) is 6.10 Å². The lowest BCUT2D eigenvalue weighted by Crippen LogP contribution is -2.42. The number of carboxylic acids is 1. The van der Waals surface area contributed by atoms with Gasteiger partial charge >= 0.3 is 5.97 Å². The quantitative estimate of drug-likeness (QED) is 0.659. The largest absolute Gasteiger partial charge is 0.478 e. The van der Waals surface area contributed by atoms with Crippen molar-refractivity contribution in [3.63, 3.8) is 0 Å². The molecule has 1 aromatic rings. The molecule has 0 spiro atoms. The minimum Gasteiger partial charge on any atom is -0.478 e. The maximum Gasteiger partial charge on any atom is 0.336 e. The molecule has 1 aromatic carbocycles. The van der Waals surface area contributed by atoms with Crippen molar-refractivity contribution in [2.45, 2.75) is 13.0 Å². The zero-order valence-electron chi connectivity index (χ0n) is 11.3. The Bertz CT molecular complexity index is 637. The van der Waals surface area contributed by atoms with Crippen LogP contribution in [0.3, 0.4) is 0 Å². The maximum atomic E-state index is 11.1. The molecular formula is C13H13N3O5. The number of hydrogen-bond acceptors (Lipinski definition) is 6. The lowest BCUT2D eigenvalue weighted by atomic mass is 10.1. The summed E-state index contributed by atoms with van der Waals surface area (Å²) in [6, 6.07) is 4.42. The van der Waals surface area contributed by atoms with Gasteiger partial charge in [-0.2, -0.15) is 5.26 Å². The number of morpholine rings is 1. The summed E-state index contributed by atoms with van der Waals surface area (Å²) < 4.78 is 5.22. The number of nitro groups is 1. The first-order valence-electron chi connectivity index (χ1n) is 6.22. The molecule has 0 bridgehead atoms. The van der Waals surface area contributed by atoms with Crippen molar-refractivity contribution < 1.29 is 19.6 Å². The highest BCUT2D eigenvalue weighted by atomic mass is 16.6. The number of nitriles is 1. The Morgan fingerprint density at radius 2 is 2.33 bits per heavy atom. The molecule has 1 aliphatic heterocycles. The second kappa shape index (κ2) is 5.76. The molecule has 2 rings (SSSR count). The van der Waals surface area contributed by atoms with E-state index in [9.17, 15) is 14.9 Å². The zero-order chi connectivity index (χ0) is 15.6. The lowest BCUT2D eigenvalue weighted by molar-refractivity contribution is -0.385. The molecule has 0 aliphatic carbocycles. The molecule has 1 atom stereocenters. The number of aromatic carboxylic acids is 1. The highest BCUT2D eigenvalue weighted by molar-refractivity contribution is 5.90. The average molecular weight is 291 g/mol. The first kappa shape index (κ1) is 14.7. The fourth-order valence-corrected chi connectivity index (χ4v) is 2.27. The fourth-order valence-electron chi connectivity index (χ4n) is 2.27. The van der Waals surface area contributed by atoms with Gasteiger partial charge in [-0.05, 0) is 13.0 Å². The molecule has 21 heavy (non-hydrogen) atoms. The van der Waals surface area contributed by atoms with Gasteiger partial charge in [-0.25, -0.2) is 4.79 Å². The minimum atomic E-state index is -1.23. The summed E-state index contributed by atoms with van der Waals surface area (Å²) in [6.07, 6.45) is -0.634. The van der Waals surface area contributed by atoms with Crippen LogP contribution < -0.4 is 4.90 Å². The van der Waals surface area contributed by atoms with Gasteiger partial charge in [0.05, 0.1) is 35.3 Å². The maximum absolute atomic E-state index is 11.1. The molecule has 1 aliphatic rings. The van der Waals surface area contributed by atoms with Gasteiger partial charge < -0.3 is 14.7 Å². The van der Waals surface area contributed by atoms with Crippen LogP contribution in [0.4, 0.5) is 11.4 Å². The van der Waals surface area contributed by atoms with Crippen LogP contribution in [0.2, 0.25) is 0 Å². The Kier molecular flexibility index (Phi) is 4.05. The standard InChI is InChI=1S/C13H13N3O5/c1-8-11(15-2-3-21-10(6-14)7-15)4-9(13(17)18)5-12(8)16(19)20/h4-5,10H,2-3,7H2,1H3,(H,17,18). The smallest absolute Gasteiger partial charge is 0.336 e. The molecule has 1 saturated heterocycles. The van der Waals surface area contributed by atoms with Crippen LogP contribution in [0.25, 0.3) is 0 Å². The van der Waals surface area contributed by atoms with Crippen molar-refractivity contribution in [2.75, 3.05) is 24.6 Å². The summed E-state index contributed by atoms with van der Waals surface area (Å²) in [5, 5.41) is 29.1. The molecule has 110 valence electrons. The second-order valence-electron chi connectivity index (χ2n) is 4.64. The molecule has 8 heteroatoms. The van der Waals surface area contributed by atoms with Crippen molar-refractivity contribution in [3.8, 4) is 6.07 Å². The van der Waals surface area contributed by atoms with Crippen LogP contribution >= 0.6 is 0 Å². The molecule has 0 aromatic heterocycles. The number of rotatable bonds is 3. The Labute approximate surface area is 120 Å². The van der Waals surface area contributed by atoms with Crippen LogP contribution in [0.15, 0.2) is 12.1 Å². The van der Waals surface area contributed by atoms with Crippen LogP contribution in [0, 0.1) is 28.4 Å². The third kappa shape index (κ3) is 2.93. The number of ether oxygens (including phenoxy) is 1. The van der Waals surface area contributed by atoms with Gasteiger partial charge in [0.2, 0.25) is 0 Å². The number of carboxylic acid groups (broad SMARTS) is 1. The molecule has 0 saturated carbocycles. The van der Waals surface area contributed by atoms with E-state index in [1.165, 1.54) is 6.07 Å². The highest BCUT2D eigenvalue weighted by Gasteiger charge is 2.26. The van der Waals surface area contributed by atoms with E-state index in [4.69, 9.17) is 15.1 Å². The zero-order valence-corrected chi connectivity index (χ0v) is 11.3. The number of benzene rings is 1. The molecule has 1 N–H and O–H groups in total. The van der Waals surface area contributed by atoms with Crippen molar-refractivity contribution in [2.24, 2.45) is 0 Å². The number of nitro benzene ring substituents is 1. The van der Waals surface area contributed by atoms with Crippen LogP contribution in [0.5, 0.6) is 0 Å². The van der Waals surface area contributed by atoms with Gasteiger partial charge in [0, 0.05) is 18.3 Å². The summed E-state index contributed by atoms with van der Waals surface area (Å²) in [5.41, 5.74) is 0.431. The summed E-state index contributed by atoms with van der Waals surface area (Å²) in [6.45, 7) is 2.56. The molecular weight excluding hydrogens is 278 g/mol. The lowest BCUT2D eigenvalue weighted by Gasteiger charge is -2.32. The van der Waals surface area contributed by atoms with E-state index in [-0.39, 0.29) is 17.8 Å². The number of carbonyl (C=O) groups is 1. The molecule has 1 unspecified atom stereocenters. The normalized spacial score (nSPS) is 18.1. The summed E-state index contributed by atoms with van der Waals surface area (Å²) >= 11 is 0. The van der Waals surface area contributed by atoms with E-state index in [0.717, 1.165) is 6.07 Å². The van der Waals surface area contributed by atoms with E-state index in [0.29, 0.717) is 24.4 Å². The van der Waals surface area contributed by atoms with Gasteiger partial charge in [0.25, 0.3) is 5.69 Å². The molecule has 0 amide bonds. The second-order valence-corrected chi connectivity index (χ2v) is 4.64. The van der Waals surface area contributed by atoms with Crippen molar-refractivity contribution >= 4 is 17.3 Å². The number of hydrogen-bond donors (Lipinski definition) is 1. The Morgan fingerprint density at radius 3 is 2.90 bits per heavy atom. The van der Waals surface area contributed by atoms with E-state index >= 15 is 0 Å². The van der Waals surface area contributed by atoms with E-state index in [2.05, 4.69) is 0 Å². The Morgan fingerprint density at radius 1 is 1.62 bits per heavy atom. The predicted molar refractivity (Wildman–Crippen MR) is 72.4 cm³/mol. The minimum absolute atomic E-state index is 0.151. The van der Waals surface area contributed by atoms with Crippen molar-refractivity contribution in [3.05, 3.63) is 33.4 Å². The van der Waals surface area contributed by atoms with Crippen LogP contribution in [0.1, 0.15) is 15.9 Å². The topological polar surface area (TPSA) is 117 Å². The first-order valence-corrected chi connectivity index (χ1v) is 6.22. The monoisotopic (exact) mass is 291 g/mol. The van der Waals surface area contributed by atoms with Crippen LogP contribution in [-0.2, 0) is 4.74 Å². The average Bonchev–Trinajstić information content (AvgIpc) is 2.46. The van der Waals surface area contributed by atoms with Gasteiger partial charge in [0.1, 0.15) is 0 Å². The number of nitrogens with zero attached hydrogens (tertiary/aromatic N) is 3. The molecule has 8 nitrogen and oxygen atoms in total.